The Hall–Kier alpha value is -8.10. The van der Waals surface area contributed by atoms with Crippen molar-refractivity contribution in [3.63, 3.8) is 0 Å². The van der Waals surface area contributed by atoms with E-state index in [2.05, 4.69) is 21.8 Å². The van der Waals surface area contributed by atoms with Gasteiger partial charge in [0.05, 0.1) is 44.0 Å². The van der Waals surface area contributed by atoms with E-state index in [1.165, 1.54) is 7.11 Å². The zero-order valence-corrected chi connectivity index (χ0v) is 39.7. The first-order chi connectivity index (χ1) is 35.3. The van der Waals surface area contributed by atoms with E-state index in [1.807, 2.05) is 82.6 Å². The molecule has 10 rings (SSSR count). The monoisotopic (exact) mass is 968 g/mol. The van der Waals surface area contributed by atoms with Gasteiger partial charge in [0, 0.05) is 56.8 Å². The van der Waals surface area contributed by atoms with Crippen LogP contribution in [0.2, 0.25) is 0 Å². The Morgan fingerprint density at radius 1 is 0.722 bits per heavy atom. The summed E-state index contributed by atoms with van der Waals surface area (Å²) < 4.78 is 28.9. The summed E-state index contributed by atoms with van der Waals surface area (Å²) in [5, 5.41) is 9.65. The number of fused-ring (bicyclic) bond motifs is 3. The molecule has 16 nitrogen and oxygen atoms in total. The number of hydrogen-bond donors (Lipinski definition) is 1. The van der Waals surface area contributed by atoms with Gasteiger partial charge in [-0.05, 0) is 82.9 Å². The molecule has 1 N–H and O–H groups in total. The number of aliphatic hydroxyl groups excluding tert-OH is 1. The van der Waals surface area contributed by atoms with Crippen molar-refractivity contribution in [1.29, 1.82) is 0 Å². The van der Waals surface area contributed by atoms with Crippen LogP contribution in [0.5, 0.6) is 11.5 Å². The van der Waals surface area contributed by atoms with Gasteiger partial charge in [-0.2, -0.15) is 0 Å². The van der Waals surface area contributed by atoms with Crippen LogP contribution in [0.1, 0.15) is 51.6 Å². The number of benzene rings is 5. The van der Waals surface area contributed by atoms with E-state index in [1.54, 1.807) is 85.1 Å². The largest absolute Gasteiger partial charge is 0.497 e. The summed E-state index contributed by atoms with van der Waals surface area (Å²) in [6.07, 6.45) is 1.43. The Bertz CT molecular complexity index is 2980. The molecule has 16 heteroatoms. The SMILES string of the molecule is COCCOC(=O)N1C(=O)[C@@]2(c3cc(C#Cc4ccc(OC)cc4)ccc31)[C@H](C(=O)N1CCN(c3ncccn3)CC1)[C@H]1C(=O)O[C@H](c3ccccc3)[C@H](c3ccccc3)N1[C@@H]2c1ccc(OCCO)cc1. The number of carbonyl (C=O) groups is 4. The van der Waals surface area contributed by atoms with Gasteiger partial charge in [-0.1, -0.05) is 84.6 Å². The number of methoxy groups -OCH3 is 2. The van der Waals surface area contributed by atoms with Crippen LogP contribution in [-0.2, 0) is 34.0 Å². The number of nitrogens with zero attached hydrogens (tertiary/aromatic N) is 6. The van der Waals surface area contributed by atoms with Crippen LogP contribution in [0.3, 0.4) is 0 Å². The minimum atomic E-state index is -2.03. The van der Waals surface area contributed by atoms with Crippen molar-refractivity contribution in [3.05, 3.63) is 179 Å². The average Bonchev–Trinajstić information content (AvgIpc) is 3.89. The third kappa shape index (κ3) is 8.65. The summed E-state index contributed by atoms with van der Waals surface area (Å²) in [4.78, 5) is 78.7. The van der Waals surface area contributed by atoms with Crippen LogP contribution in [-0.4, -0.2) is 122 Å². The summed E-state index contributed by atoms with van der Waals surface area (Å²) in [6, 6.07) is 36.9. The van der Waals surface area contributed by atoms with E-state index in [0.717, 1.165) is 10.5 Å². The third-order valence-corrected chi connectivity index (χ3v) is 13.8. The number of anilines is 2. The summed E-state index contributed by atoms with van der Waals surface area (Å²) in [6.45, 7) is 0.853. The Labute approximate surface area is 416 Å². The highest BCUT2D eigenvalue weighted by molar-refractivity contribution is 6.23. The van der Waals surface area contributed by atoms with E-state index in [4.69, 9.17) is 23.7 Å². The molecule has 6 atom stereocenters. The van der Waals surface area contributed by atoms with E-state index in [-0.39, 0.29) is 45.2 Å². The number of hydrogen-bond acceptors (Lipinski definition) is 14. The number of aromatic nitrogens is 2. The molecule has 0 bridgehead atoms. The highest BCUT2D eigenvalue weighted by atomic mass is 16.6. The van der Waals surface area contributed by atoms with Crippen LogP contribution < -0.4 is 19.3 Å². The molecule has 0 saturated carbocycles. The van der Waals surface area contributed by atoms with Gasteiger partial charge < -0.3 is 38.6 Å². The first-order valence-corrected chi connectivity index (χ1v) is 23.8. The molecular weight excluding hydrogens is 917 g/mol. The zero-order valence-electron chi connectivity index (χ0n) is 39.7. The second-order valence-corrected chi connectivity index (χ2v) is 17.7. The van der Waals surface area contributed by atoms with Gasteiger partial charge >= 0.3 is 12.1 Å². The number of morpholine rings is 1. The lowest BCUT2D eigenvalue weighted by molar-refractivity contribution is -0.179. The zero-order chi connectivity index (χ0) is 49.8. The smallest absolute Gasteiger partial charge is 0.421 e. The average molecular weight is 969 g/mol. The maximum absolute atomic E-state index is 16.6. The molecule has 1 spiro atoms. The number of piperazine rings is 1. The molecule has 0 aliphatic carbocycles. The molecule has 6 aromatic rings. The predicted molar refractivity (Wildman–Crippen MR) is 264 cm³/mol. The van der Waals surface area contributed by atoms with Crippen LogP contribution in [0.25, 0.3) is 0 Å². The maximum Gasteiger partial charge on any atom is 0.421 e. The number of ether oxygens (including phenoxy) is 5. The molecule has 4 aliphatic rings. The molecule has 4 aliphatic heterocycles. The predicted octanol–water partition coefficient (Wildman–Crippen LogP) is 6.05. The topological polar surface area (TPSA) is 173 Å². The first kappa shape index (κ1) is 47.6. The number of imide groups is 1. The molecular formula is C56H52N6O10. The first-order valence-electron chi connectivity index (χ1n) is 23.8. The molecule has 72 heavy (non-hydrogen) atoms. The lowest BCUT2D eigenvalue weighted by atomic mass is 9.65. The van der Waals surface area contributed by atoms with Crippen molar-refractivity contribution in [2.45, 2.75) is 29.6 Å². The van der Waals surface area contributed by atoms with Crippen molar-refractivity contribution in [2.75, 3.05) is 76.6 Å². The standard InChI is InChI=1S/C56H52N6O10/c1-68-34-35-71-55(67)61-45-25-18-38(15-14-37-16-21-42(69-2)22-17-37)36-44(45)56(53(61)66)46(51(64)59-28-30-60(31-29-59)54-57-26-9-27-58-54)48-52(65)72-49(40-12-7-4-8-13-40)47(39-10-5-3-6-11-39)62(48)50(56)41-19-23-43(24-20-41)70-33-32-63/h3-13,16-27,36,46-50,63H,28-35H2,1-2H3/t46-,47-,48-,49+,50+,56-/m0/s1. The second-order valence-electron chi connectivity index (χ2n) is 17.7. The molecule has 366 valence electrons. The number of cyclic esters (lactones) is 1. The van der Waals surface area contributed by atoms with Gasteiger partial charge in [0.2, 0.25) is 17.8 Å². The normalized spacial score (nSPS) is 22.4. The molecule has 1 aromatic heterocycles. The Kier molecular flexibility index (Phi) is 13.7. The minimum absolute atomic E-state index is 0.0359. The number of carbonyl (C=O) groups excluding carboxylic acids is 4. The van der Waals surface area contributed by atoms with E-state index in [0.29, 0.717) is 58.4 Å². The van der Waals surface area contributed by atoms with E-state index in [9.17, 15) is 9.90 Å². The minimum Gasteiger partial charge on any atom is -0.497 e. The third-order valence-electron chi connectivity index (χ3n) is 13.8. The molecule has 0 unspecified atom stereocenters. The van der Waals surface area contributed by atoms with Crippen molar-refractivity contribution < 1.29 is 48.0 Å². The lowest BCUT2D eigenvalue weighted by Crippen LogP contribution is -2.59. The van der Waals surface area contributed by atoms with Gasteiger partial charge in [0.15, 0.2) is 0 Å². The Morgan fingerprint density at radius 3 is 2.04 bits per heavy atom. The summed E-state index contributed by atoms with van der Waals surface area (Å²) in [7, 11) is 3.06. The molecule has 3 fully saturated rings. The van der Waals surface area contributed by atoms with Crippen LogP contribution in [0, 0.1) is 17.8 Å². The highest BCUT2D eigenvalue weighted by Gasteiger charge is 2.76. The Balaban J connectivity index is 1.23. The quantitative estimate of drug-likeness (QED) is 0.0853. The van der Waals surface area contributed by atoms with Gasteiger partial charge in [0.1, 0.15) is 42.3 Å². The number of esters is 1. The van der Waals surface area contributed by atoms with E-state index >= 15 is 14.4 Å². The fraction of sp³-hybridized carbons (Fsp3) is 0.286. The number of aliphatic hydroxyl groups is 1. The summed E-state index contributed by atoms with van der Waals surface area (Å²) in [5.74, 6) is 4.69. The van der Waals surface area contributed by atoms with Crippen molar-refractivity contribution in [3.8, 4) is 23.3 Å². The van der Waals surface area contributed by atoms with Gasteiger partial charge in [-0.25, -0.2) is 19.7 Å². The molecule has 3 amide bonds. The van der Waals surface area contributed by atoms with Crippen molar-refractivity contribution in [2.24, 2.45) is 5.92 Å². The molecule has 0 radical (unpaired) electrons. The fourth-order valence-corrected chi connectivity index (χ4v) is 10.7. The van der Waals surface area contributed by atoms with Crippen LogP contribution in [0.15, 0.2) is 146 Å². The van der Waals surface area contributed by atoms with Gasteiger partial charge in [-0.3, -0.25) is 19.3 Å². The number of rotatable bonds is 12. The van der Waals surface area contributed by atoms with Gasteiger partial charge in [0.25, 0.3) is 0 Å². The summed E-state index contributed by atoms with van der Waals surface area (Å²) >= 11 is 0. The van der Waals surface area contributed by atoms with E-state index < -0.39 is 59.4 Å². The lowest BCUT2D eigenvalue weighted by Gasteiger charge is -2.46. The van der Waals surface area contributed by atoms with Crippen LogP contribution >= 0.6 is 0 Å². The van der Waals surface area contributed by atoms with Gasteiger partial charge in [-0.15, -0.1) is 0 Å². The summed E-state index contributed by atoms with van der Waals surface area (Å²) in [5.41, 5.74) is 1.64. The number of amides is 3. The highest BCUT2D eigenvalue weighted by Crippen LogP contribution is 2.66. The second kappa shape index (κ2) is 20.7. The molecule has 3 saturated heterocycles. The molecule has 5 aromatic carbocycles. The fourth-order valence-electron chi connectivity index (χ4n) is 10.7. The maximum atomic E-state index is 16.6. The Morgan fingerprint density at radius 2 is 1.38 bits per heavy atom. The van der Waals surface area contributed by atoms with Crippen molar-refractivity contribution >= 4 is 35.5 Å². The van der Waals surface area contributed by atoms with Crippen LogP contribution in [0.4, 0.5) is 16.4 Å². The molecule has 5 heterocycles. The van der Waals surface area contributed by atoms with Crippen molar-refractivity contribution in [1.82, 2.24) is 19.8 Å².